The van der Waals surface area contributed by atoms with Crippen LogP contribution >= 0.6 is 22.9 Å². The van der Waals surface area contributed by atoms with E-state index in [0.29, 0.717) is 17.3 Å². The standard InChI is InChI=1S/C20H22ClN3O2S/c1-12-16(13-5-3-4-6-15(13)21)18-19(27-12)14(17(20(22)25)23(18)2)11-24-7-9-26-10-8-24/h3-6H,7-11H2,1-2H3,(H2,22,25). The number of nitrogens with zero attached hydrogens (tertiary/aromatic N) is 2. The molecule has 0 aliphatic carbocycles. The molecule has 2 aromatic heterocycles. The Hall–Kier alpha value is -1.86. The Balaban J connectivity index is 1.93. The molecule has 0 saturated carbocycles. The number of amides is 1. The summed E-state index contributed by atoms with van der Waals surface area (Å²) in [6.45, 7) is 5.95. The molecule has 1 aliphatic rings. The van der Waals surface area contributed by atoms with Crippen molar-refractivity contribution >= 4 is 39.1 Å². The van der Waals surface area contributed by atoms with Crippen molar-refractivity contribution in [2.24, 2.45) is 12.8 Å². The molecule has 1 fully saturated rings. The number of aromatic nitrogens is 1. The summed E-state index contributed by atoms with van der Waals surface area (Å²) in [5.74, 6) is -0.396. The molecule has 0 spiro atoms. The number of carbonyl (C=O) groups excluding carboxylic acids is 1. The van der Waals surface area contributed by atoms with Gasteiger partial charge >= 0.3 is 0 Å². The van der Waals surface area contributed by atoms with Gasteiger partial charge in [0.25, 0.3) is 5.91 Å². The van der Waals surface area contributed by atoms with E-state index in [1.165, 1.54) is 4.88 Å². The summed E-state index contributed by atoms with van der Waals surface area (Å²) in [6.07, 6.45) is 0. The highest BCUT2D eigenvalue weighted by Gasteiger charge is 2.27. The van der Waals surface area contributed by atoms with Gasteiger partial charge in [0.1, 0.15) is 5.69 Å². The maximum Gasteiger partial charge on any atom is 0.265 e. The lowest BCUT2D eigenvalue weighted by Gasteiger charge is -2.26. The fourth-order valence-corrected chi connectivity index (χ4v) is 5.37. The second-order valence-corrected chi connectivity index (χ2v) is 8.46. The van der Waals surface area contributed by atoms with Gasteiger partial charge in [-0.2, -0.15) is 0 Å². The quantitative estimate of drug-likeness (QED) is 0.720. The fraction of sp³-hybridized carbons (Fsp3) is 0.350. The van der Waals surface area contributed by atoms with Gasteiger partial charge in [0.05, 0.1) is 23.4 Å². The molecule has 0 unspecified atom stereocenters. The highest BCUT2D eigenvalue weighted by molar-refractivity contribution is 7.19. The minimum atomic E-state index is -0.396. The predicted molar refractivity (Wildman–Crippen MR) is 111 cm³/mol. The van der Waals surface area contributed by atoms with Crippen LogP contribution in [0.2, 0.25) is 5.02 Å². The van der Waals surface area contributed by atoms with Crippen LogP contribution in [0.5, 0.6) is 0 Å². The molecule has 27 heavy (non-hydrogen) atoms. The van der Waals surface area contributed by atoms with Crippen molar-refractivity contribution in [2.45, 2.75) is 13.5 Å². The molecule has 3 heterocycles. The van der Waals surface area contributed by atoms with Gasteiger partial charge in [0.2, 0.25) is 0 Å². The first-order valence-corrected chi connectivity index (χ1v) is 10.1. The third kappa shape index (κ3) is 3.17. The molecular formula is C20H22ClN3O2S. The normalized spacial score (nSPS) is 15.5. The Morgan fingerprint density at radius 2 is 2.00 bits per heavy atom. The van der Waals surface area contributed by atoms with Gasteiger partial charge in [-0.05, 0) is 13.0 Å². The minimum Gasteiger partial charge on any atom is -0.379 e. The summed E-state index contributed by atoms with van der Waals surface area (Å²) in [7, 11) is 1.91. The van der Waals surface area contributed by atoms with Gasteiger partial charge in [0.15, 0.2) is 0 Å². The van der Waals surface area contributed by atoms with Crippen LogP contribution in [0.1, 0.15) is 20.9 Å². The van der Waals surface area contributed by atoms with Crippen LogP contribution in [-0.2, 0) is 18.3 Å². The monoisotopic (exact) mass is 403 g/mol. The first-order chi connectivity index (χ1) is 13.0. The molecule has 1 aromatic carbocycles. The van der Waals surface area contributed by atoms with Crippen LogP contribution in [-0.4, -0.2) is 41.7 Å². The summed E-state index contributed by atoms with van der Waals surface area (Å²) < 4.78 is 8.51. The molecule has 142 valence electrons. The zero-order valence-corrected chi connectivity index (χ0v) is 17.0. The SMILES string of the molecule is Cc1sc2c(CN3CCOCC3)c(C(N)=O)n(C)c2c1-c1ccccc1Cl. The van der Waals surface area contributed by atoms with Crippen LogP contribution in [0.15, 0.2) is 24.3 Å². The molecule has 1 aliphatic heterocycles. The number of hydrogen-bond donors (Lipinski definition) is 1. The Kier molecular flexibility index (Phi) is 4.99. The summed E-state index contributed by atoms with van der Waals surface area (Å²) in [5, 5.41) is 0.705. The van der Waals surface area contributed by atoms with Crippen molar-refractivity contribution in [3.8, 4) is 11.1 Å². The van der Waals surface area contributed by atoms with Crippen molar-refractivity contribution < 1.29 is 9.53 Å². The van der Waals surface area contributed by atoms with Crippen molar-refractivity contribution in [2.75, 3.05) is 26.3 Å². The van der Waals surface area contributed by atoms with E-state index >= 15 is 0 Å². The Bertz CT molecular complexity index is 1020. The molecule has 5 nitrogen and oxygen atoms in total. The van der Waals surface area contributed by atoms with Gasteiger partial charge < -0.3 is 15.0 Å². The van der Waals surface area contributed by atoms with E-state index in [4.69, 9.17) is 22.1 Å². The number of ether oxygens (including phenoxy) is 1. The number of nitrogens with two attached hydrogens (primary N) is 1. The number of thiophene rings is 1. The van der Waals surface area contributed by atoms with Gasteiger partial charge in [0, 0.05) is 53.3 Å². The molecule has 0 radical (unpaired) electrons. The molecule has 2 N–H and O–H groups in total. The van der Waals surface area contributed by atoms with E-state index in [0.717, 1.165) is 53.2 Å². The molecule has 4 rings (SSSR count). The number of morpholine rings is 1. The second kappa shape index (κ2) is 7.28. The molecule has 1 amide bonds. The van der Waals surface area contributed by atoms with Gasteiger partial charge in [-0.1, -0.05) is 29.8 Å². The summed E-state index contributed by atoms with van der Waals surface area (Å²) >= 11 is 8.19. The highest BCUT2D eigenvalue weighted by Crippen LogP contribution is 2.44. The number of hydrogen-bond acceptors (Lipinski definition) is 4. The number of rotatable bonds is 4. The average molecular weight is 404 g/mol. The van der Waals surface area contributed by atoms with Crippen LogP contribution in [0, 0.1) is 6.92 Å². The van der Waals surface area contributed by atoms with Crippen molar-refractivity contribution in [1.29, 1.82) is 0 Å². The minimum absolute atomic E-state index is 0.396. The van der Waals surface area contributed by atoms with Crippen molar-refractivity contribution in [3.05, 3.63) is 45.4 Å². The number of fused-ring (bicyclic) bond motifs is 1. The van der Waals surface area contributed by atoms with Crippen LogP contribution < -0.4 is 5.73 Å². The van der Waals surface area contributed by atoms with E-state index in [-0.39, 0.29) is 0 Å². The van der Waals surface area contributed by atoms with Crippen LogP contribution in [0.25, 0.3) is 21.3 Å². The predicted octanol–water partition coefficient (Wildman–Crippen LogP) is 3.80. The van der Waals surface area contributed by atoms with Gasteiger partial charge in [-0.15, -0.1) is 11.3 Å². The lowest BCUT2D eigenvalue weighted by molar-refractivity contribution is 0.0342. The lowest BCUT2D eigenvalue weighted by Crippen LogP contribution is -2.36. The average Bonchev–Trinajstić information content (AvgIpc) is 3.11. The zero-order chi connectivity index (χ0) is 19.1. The van der Waals surface area contributed by atoms with Crippen molar-refractivity contribution in [3.63, 3.8) is 0 Å². The summed E-state index contributed by atoms with van der Waals surface area (Å²) in [5.41, 5.74) is 10.5. The molecule has 7 heteroatoms. The Morgan fingerprint density at radius 1 is 1.30 bits per heavy atom. The number of carbonyl (C=O) groups is 1. The first kappa shape index (κ1) is 18.5. The molecular weight excluding hydrogens is 382 g/mol. The molecule has 0 bridgehead atoms. The van der Waals surface area contributed by atoms with Crippen LogP contribution in [0.3, 0.4) is 0 Å². The van der Waals surface area contributed by atoms with E-state index in [1.807, 2.05) is 35.9 Å². The van der Waals surface area contributed by atoms with Crippen LogP contribution in [0.4, 0.5) is 0 Å². The summed E-state index contributed by atoms with van der Waals surface area (Å²) in [4.78, 5) is 15.8. The number of primary amides is 1. The van der Waals surface area contributed by atoms with Crippen molar-refractivity contribution in [1.82, 2.24) is 9.47 Å². The zero-order valence-electron chi connectivity index (χ0n) is 15.4. The fourth-order valence-electron chi connectivity index (χ4n) is 3.90. The second-order valence-electron chi connectivity index (χ2n) is 6.83. The lowest BCUT2D eigenvalue weighted by atomic mass is 10.1. The third-order valence-corrected chi connectivity index (χ3v) is 6.64. The summed E-state index contributed by atoms with van der Waals surface area (Å²) in [6, 6.07) is 7.83. The number of benzene rings is 1. The third-order valence-electron chi connectivity index (χ3n) is 5.15. The molecule has 1 saturated heterocycles. The maximum atomic E-state index is 12.3. The van der Waals surface area contributed by atoms with E-state index in [2.05, 4.69) is 11.8 Å². The first-order valence-electron chi connectivity index (χ1n) is 8.94. The Labute approximate surface area is 167 Å². The largest absolute Gasteiger partial charge is 0.379 e. The Morgan fingerprint density at radius 3 is 2.67 bits per heavy atom. The van der Waals surface area contributed by atoms with E-state index in [1.54, 1.807) is 11.3 Å². The van der Waals surface area contributed by atoms with Gasteiger partial charge in [-0.25, -0.2) is 0 Å². The van der Waals surface area contributed by atoms with E-state index in [9.17, 15) is 4.79 Å². The topological polar surface area (TPSA) is 60.5 Å². The van der Waals surface area contributed by atoms with Gasteiger partial charge in [-0.3, -0.25) is 9.69 Å². The number of aryl methyl sites for hydroxylation is 2. The van der Waals surface area contributed by atoms with E-state index < -0.39 is 5.91 Å². The smallest absolute Gasteiger partial charge is 0.265 e. The molecule has 0 atom stereocenters. The number of halogens is 1. The molecule has 3 aromatic rings. The highest BCUT2D eigenvalue weighted by atomic mass is 35.5. The maximum absolute atomic E-state index is 12.3.